The van der Waals surface area contributed by atoms with Crippen LogP contribution in [0.2, 0.25) is 0 Å². The highest BCUT2D eigenvalue weighted by atomic mass is 16.7. The molecule has 5 atom stereocenters. The molecule has 5 nitrogen and oxygen atoms in total. The van der Waals surface area contributed by atoms with Gasteiger partial charge in [0.15, 0.2) is 6.29 Å². The summed E-state index contributed by atoms with van der Waals surface area (Å²) in [6.07, 6.45) is 2.99. The predicted molar refractivity (Wildman–Crippen MR) is 56.9 cm³/mol. The van der Waals surface area contributed by atoms with Gasteiger partial charge in [0.25, 0.3) is 0 Å². The van der Waals surface area contributed by atoms with Gasteiger partial charge in [-0.1, -0.05) is 0 Å². The van der Waals surface area contributed by atoms with Crippen molar-refractivity contribution < 1.29 is 19.3 Å². The minimum absolute atomic E-state index is 0.0444. The molecule has 17 heavy (non-hydrogen) atoms. The summed E-state index contributed by atoms with van der Waals surface area (Å²) < 4.78 is 17.2. The van der Waals surface area contributed by atoms with Crippen molar-refractivity contribution in [2.75, 3.05) is 6.61 Å². The zero-order valence-electron chi connectivity index (χ0n) is 9.67. The van der Waals surface area contributed by atoms with Gasteiger partial charge in [-0.25, -0.2) is 0 Å². The first-order valence-corrected chi connectivity index (χ1v) is 6.23. The van der Waals surface area contributed by atoms with Crippen LogP contribution in [0, 0.1) is 11.3 Å². The number of fused-ring (bicyclic) bond motifs is 1. The molecule has 3 aliphatic rings. The third kappa shape index (κ3) is 1.85. The quantitative estimate of drug-likeness (QED) is 0.768. The highest BCUT2D eigenvalue weighted by molar-refractivity contribution is 5.04. The van der Waals surface area contributed by atoms with Crippen molar-refractivity contribution in [3.05, 3.63) is 0 Å². The molecular formula is C12H17NO4. The second kappa shape index (κ2) is 4.21. The lowest BCUT2D eigenvalue weighted by atomic mass is 9.85. The molecular weight excluding hydrogens is 222 g/mol. The Hall–Kier alpha value is -0.670. The summed E-state index contributed by atoms with van der Waals surface area (Å²) in [5.41, 5.74) is -0.373. The highest BCUT2D eigenvalue weighted by Crippen LogP contribution is 2.46. The van der Waals surface area contributed by atoms with Crippen molar-refractivity contribution in [1.29, 1.82) is 5.26 Å². The molecule has 3 aliphatic heterocycles. The molecule has 2 bridgehead atoms. The second-order valence-electron chi connectivity index (χ2n) is 5.15. The molecule has 0 radical (unpaired) electrons. The Kier molecular flexibility index (Phi) is 2.83. The average molecular weight is 239 g/mol. The minimum Gasteiger partial charge on any atom is -0.366 e. The van der Waals surface area contributed by atoms with Gasteiger partial charge in [0.1, 0.15) is 11.7 Å². The molecule has 0 aromatic heterocycles. The summed E-state index contributed by atoms with van der Waals surface area (Å²) in [5, 5.41) is 18.2. The number of aliphatic hydroxyl groups excluding tert-OH is 1. The van der Waals surface area contributed by atoms with Crippen molar-refractivity contribution in [3.63, 3.8) is 0 Å². The van der Waals surface area contributed by atoms with E-state index in [1.54, 1.807) is 0 Å². The van der Waals surface area contributed by atoms with E-state index in [1.807, 2.05) is 0 Å². The van der Waals surface area contributed by atoms with E-state index in [9.17, 15) is 5.11 Å². The van der Waals surface area contributed by atoms with E-state index in [0.717, 1.165) is 19.3 Å². The van der Waals surface area contributed by atoms with Crippen LogP contribution in [0.15, 0.2) is 0 Å². The van der Waals surface area contributed by atoms with Gasteiger partial charge < -0.3 is 19.3 Å². The predicted octanol–water partition coefficient (Wildman–Crippen LogP) is 0.714. The van der Waals surface area contributed by atoms with Crippen LogP contribution >= 0.6 is 0 Å². The summed E-state index contributed by atoms with van der Waals surface area (Å²) in [5.74, 6) is 0. The summed E-state index contributed by atoms with van der Waals surface area (Å²) in [6, 6.07) is 2.15. The van der Waals surface area contributed by atoms with Gasteiger partial charge in [-0.2, -0.15) is 5.26 Å². The fourth-order valence-electron chi connectivity index (χ4n) is 3.15. The minimum atomic E-state index is -0.813. The lowest BCUT2D eigenvalue weighted by Crippen LogP contribution is -2.53. The lowest BCUT2D eigenvalue weighted by Gasteiger charge is -2.42. The van der Waals surface area contributed by atoms with Crippen LogP contribution < -0.4 is 0 Å². The molecule has 1 spiro atoms. The first-order valence-electron chi connectivity index (χ1n) is 6.23. The summed E-state index contributed by atoms with van der Waals surface area (Å²) in [4.78, 5) is 0. The average Bonchev–Trinajstić information content (AvgIpc) is 2.66. The molecule has 3 heterocycles. The first-order chi connectivity index (χ1) is 8.23. The molecule has 4 unspecified atom stereocenters. The van der Waals surface area contributed by atoms with Crippen molar-refractivity contribution in [2.45, 2.75) is 62.3 Å². The second-order valence-corrected chi connectivity index (χ2v) is 5.15. The van der Waals surface area contributed by atoms with Crippen molar-refractivity contribution in [3.8, 4) is 6.07 Å². The monoisotopic (exact) mass is 239 g/mol. The van der Waals surface area contributed by atoms with Crippen LogP contribution in [0.25, 0.3) is 0 Å². The van der Waals surface area contributed by atoms with Crippen LogP contribution in [-0.2, 0) is 14.2 Å². The van der Waals surface area contributed by atoms with Gasteiger partial charge in [0, 0.05) is 12.8 Å². The van der Waals surface area contributed by atoms with E-state index in [-0.39, 0.29) is 23.9 Å². The third-order valence-corrected chi connectivity index (χ3v) is 4.02. The number of hydrogen-bond donors (Lipinski definition) is 1. The third-order valence-electron chi connectivity index (χ3n) is 4.02. The fourth-order valence-corrected chi connectivity index (χ4v) is 3.15. The Morgan fingerprint density at radius 2 is 2.29 bits per heavy atom. The Morgan fingerprint density at radius 1 is 1.41 bits per heavy atom. The Bertz CT molecular complexity index is 342. The van der Waals surface area contributed by atoms with E-state index in [1.165, 1.54) is 0 Å². The van der Waals surface area contributed by atoms with E-state index < -0.39 is 6.29 Å². The maximum atomic E-state index is 9.60. The number of nitrogens with zero attached hydrogens (tertiary/aromatic N) is 1. The van der Waals surface area contributed by atoms with Gasteiger partial charge in [0.2, 0.25) is 0 Å². The van der Waals surface area contributed by atoms with Crippen molar-refractivity contribution in [1.82, 2.24) is 0 Å². The summed E-state index contributed by atoms with van der Waals surface area (Å²) >= 11 is 0. The molecule has 0 amide bonds. The van der Waals surface area contributed by atoms with Crippen LogP contribution in [-0.4, -0.2) is 41.9 Å². The van der Waals surface area contributed by atoms with Gasteiger partial charge in [-0.3, -0.25) is 0 Å². The largest absolute Gasteiger partial charge is 0.366 e. The number of nitriles is 1. The zero-order chi connectivity index (χ0) is 11.9. The Labute approximate surface area is 100 Å². The van der Waals surface area contributed by atoms with Crippen LogP contribution in [0.5, 0.6) is 0 Å². The van der Waals surface area contributed by atoms with Crippen LogP contribution in [0.3, 0.4) is 0 Å². The van der Waals surface area contributed by atoms with Crippen LogP contribution in [0.1, 0.15) is 32.1 Å². The molecule has 0 aliphatic carbocycles. The van der Waals surface area contributed by atoms with Crippen LogP contribution in [0.4, 0.5) is 0 Å². The van der Waals surface area contributed by atoms with Gasteiger partial charge in [-0.05, 0) is 19.3 Å². The smallest absolute Gasteiger partial charge is 0.181 e. The topological polar surface area (TPSA) is 71.7 Å². The summed E-state index contributed by atoms with van der Waals surface area (Å²) in [6.45, 7) is 0.401. The molecule has 3 fully saturated rings. The van der Waals surface area contributed by atoms with Crippen molar-refractivity contribution >= 4 is 0 Å². The lowest BCUT2D eigenvalue weighted by molar-refractivity contribution is -0.222. The molecule has 0 aromatic carbocycles. The van der Waals surface area contributed by atoms with E-state index in [4.69, 9.17) is 19.5 Å². The fraction of sp³-hybridized carbons (Fsp3) is 0.917. The maximum Gasteiger partial charge on any atom is 0.181 e. The molecule has 3 saturated heterocycles. The molecule has 3 rings (SSSR count). The normalized spacial score (nSPS) is 48.5. The molecule has 0 aromatic rings. The zero-order valence-corrected chi connectivity index (χ0v) is 9.67. The highest BCUT2D eigenvalue weighted by Gasteiger charge is 2.58. The first kappa shape index (κ1) is 11.4. The van der Waals surface area contributed by atoms with Gasteiger partial charge in [0.05, 0.1) is 24.9 Å². The van der Waals surface area contributed by atoms with Crippen molar-refractivity contribution in [2.24, 2.45) is 0 Å². The number of rotatable bonds is 2. The molecule has 0 saturated carbocycles. The standard InChI is InChI=1S/C12H17NO4/c13-5-1-2-8-3-4-10-12(17-8)6-9(16-10)11(14)15-7-12/h8-11,14H,1-4,6-7H2/t8?,9?,10-,11?,12?/m0/s1. The van der Waals surface area contributed by atoms with E-state index in [2.05, 4.69) is 6.07 Å². The van der Waals surface area contributed by atoms with Gasteiger partial charge >= 0.3 is 0 Å². The SMILES string of the molecule is N#CCCC1CC[C@@H]2OC3CC2(COC3O)O1. The Morgan fingerprint density at radius 3 is 3.12 bits per heavy atom. The molecule has 5 heteroatoms. The molecule has 1 N–H and O–H groups in total. The number of ether oxygens (including phenoxy) is 3. The maximum absolute atomic E-state index is 9.60. The Balaban J connectivity index is 1.70. The van der Waals surface area contributed by atoms with E-state index >= 15 is 0 Å². The molecule has 94 valence electrons. The van der Waals surface area contributed by atoms with Gasteiger partial charge in [-0.15, -0.1) is 0 Å². The summed E-state index contributed by atoms with van der Waals surface area (Å²) in [7, 11) is 0. The van der Waals surface area contributed by atoms with E-state index in [0.29, 0.717) is 19.4 Å². The number of hydrogen-bond acceptors (Lipinski definition) is 5. The number of aliphatic hydroxyl groups is 1.